The second kappa shape index (κ2) is 7.26. The number of nitriles is 1. The third-order valence-electron chi connectivity index (χ3n) is 4.23. The van der Waals surface area contributed by atoms with E-state index >= 15 is 0 Å². The Bertz CT molecular complexity index is 308. The van der Waals surface area contributed by atoms with Gasteiger partial charge in [0.25, 0.3) is 0 Å². The van der Waals surface area contributed by atoms with Gasteiger partial charge in [-0.25, -0.2) is 0 Å². The molecule has 1 aliphatic heterocycles. The molecule has 0 aliphatic carbocycles. The summed E-state index contributed by atoms with van der Waals surface area (Å²) >= 11 is 0. The Morgan fingerprint density at radius 1 is 1.32 bits per heavy atom. The summed E-state index contributed by atoms with van der Waals surface area (Å²) in [6.07, 6.45) is 6.20. The Kier molecular flexibility index (Phi) is 6.29. The third kappa shape index (κ3) is 5.12. The molecule has 3 atom stereocenters. The van der Waals surface area contributed by atoms with Crippen molar-refractivity contribution in [1.82, 2.24) is 10.2 Å². The van der Waals surface area contributed by atoms with Crippen molar-refractivity contribution < 1.29 is 0 Å². The van der Waals surface area contributed by atoms with Crippen molar-refractivity contribution in [3.05, 3.63) is 0 Å². The smallest absolute Gasteiger partial charge is 0.105 e. The molecule has 110 valence electrons. The summed E-state index contributed by atoms with van der Waals surface area (Å²) in [5.74, 6) is 0. The van der Waals surface area contributed by atoms with Gasteiger partial charge >= 0.3 is 0 Å². The number of hydrogen-bond donors (Lipinski definition) is 1. The van der Waals surface area contributed by atoms with E-state index in [2.05, 4.69) is 44.0 Å². The van der Waals surface area contributed by atoms with Crippen molar-refractivity contribution in [1.29, 1.82) is 5.26 Å². The summed E-state index contributed by atoms with van der Waals surface area (Å²) in [5.41, 5.74) is -0.417. The van der Waals surface area contributed by atoms with Gasteiger partial charge in [0.1, 0.15) is 5.54 Å². The first kappa shape index (κ1) is 16.5. The maximum Gasteiger partial charge on any atom is 0.105 e. The van der Waals surface area contributed by atoms with E-state index in [4.69, 9.17) is 0 Å². The van der Waals surface area contributed by atoms with E-state index in [1.807, 2.05) is 6.92 Å². The van der Waals surface area contributed by atoms with Crippen LogP contribution in [0.15, 0.2) is 0 Å². The molecule has 0 aromatic carbocycles. The van der Waals surface area contributed by atoms with Crippen LogP contribution in [0.4, 0.5) is 0 Å². The van der Waals surface area contributed by atoms with Gasteiger partial charge in [0, 0.05) is 18.1 Å². The Morgan fingerprint density at radius 3 is 2.58 bits per heavy atom. The lowest BCUT2D eigenvalue weighted by atomic mass is 9.92. The van der Waals surface area contributed by atoms with Crippen LogP contribution in [0.1, 0.15) is 66.7 Å². The molecule has 1 aliphatic rings. The van der Waals surface area contributed by atoms with E-state index in [9.17, 15) is 5.26 Å². The van der Waals surface area contributed by atoms with Crippen LogP contribution in [0.5, 0.6) is 0 Å². The SMILES string of the molecule is CC(C)NC(C)(C#N)CC(C)N1CCCCCC1C. The number of hydrogen-bond acceptors (Lipinski definition) is 3. The topological polar surface area (TPSA) is 39.1 Å². The Morgan fingerprint density at radius 2 is 2.00 bits per heavy atom. The molecule has 1 heterocycles. The molecule has 0 bridgehead atoms. The summed E-state index contributed by atoms with van der Waals surface area (Å²) in [7, 11) is 0. The summed E-state index contributed by atoms with van der Waals surface area (Å²) in [6, 6.07) is 3.93. The molecule has 1 fully saturated rings. The predicted molar refractivity (Wildman–Crippen MR) is 81.0 cm³/mol. The van der Waals surface area contributed by atoms with Gasteiger partial charge in [-0.1, -0.05) is 12.8 Å². The van der Waals surface area contributed by atoms with Gasteiger partial charge in [0.05, 0.1) is 6.07 Å². The average Bonchev–Trinajstić information content (AvgIpc) is 2.52. The van der Waals surface area contributed by atoms with Crippen LogP contribution in [0.3, 0.4) is 0 Å². The van der Waals surface area contributed by atoms with Crippen LogP contribution >= 0.6 is 0 Å². The number of likely N-dealkylation sites (tertiary alicyclic amines) is 1. The highest BCUT2D eigenvalue weighted by Gasteiger charge is 2.31. The van der Waals surface area contributed by atoms with E-state index in [0.29, 0.717) is 18.1 Å². The summed E-state index contributed by atoms with van der Waals surface area (Å²) in [6.45, 7) is 12.0. The van der Waals surface area contributed by atoms with Gasteiger partial charge in [-0.2, -0.15) is 5.26 Å². The second-order valence-electron chi connectivity index (χ2n) is 6.73. The van der Waals surface area contributed by atoms with Crippen LogP contribution in [0.25, 0.3) is 0 Å². The second-order valence-corrected chi connectivity index (χ2v) is 6.73. The van der Waals surface area contributed by atoms with E-state index in [1.165, 1.54) is 32.2 Å². The Labute approximate surface area is 119 Å². The van der Waals surface area contributed by atoms with Gasteiger partial charge < -0.3 is 0 Å². The van der Waals surface area contributed by atoms with Gasteiger partial charge in [-0.15, -0.1) is 0 Å². The first-order chi connectivity index (χ1) is 8.88. The molecule has 0 spiro atoms. The maximum atomic E-state index is 9.47. The molecule has 0 aromatic rings. The van der Waals surface area contributed by atoms with Crippen molar-refractivity contribution >= 4 is 0 Å². The number of rotatable bonds is 5. The fraction of sp³-hybridized carbons (Fsp3) is 0.938. The van der Waals surface area contributed by atoms with Crippen LogP contribution in [-0.2, 0) is 0 Å². The fourth-order valence-electron chi connectivity index (χ4n) is 3.43. The molecule has 0 saturated carbocycles. The van der Waals surface area contributed by atoms with Crippen LogP contribution in [-0.4, -0.2) is 35.1 Å². The van der Waals surface area contributed by atoms with E-state index in [-0.39, 0.29) is 0 Å². The summed E-state index contributed by atoms with van der Waals surface area (Å²) in [4.78, 5) is 2.60. The van der Waals surface area contributed by atoms with Crippen LogP contribution in [0, 0.1) is 11.3 Å². The van der Waals surface area contributed by atoms with Gasteiger partial charge in [0.15, 0.2) is 0 Å². The molecule has 0 aromatic heterocycles. The van der Waals surface area contributed by atoms with Crippen LogP contribution in [0.2, 0.25) is 0 Å². The molecule has 0 radical (unpaired) electrons. The Hall–Kier alpha value is -0.590. The van der Waals surface area contributed by atoms with E-state index in [0.717, 1.165) is 6.42 Å². The van der Waals surface area contributed by atoms with Gasteiger partial charge in [-0.05, 0) is 60.4 Å². The molecular weight excluding hydrogens is 234 g/mol. The minimum Gasteiger partial charge on any atom is -0.298 e. The zero-order valence-electron chi connectivity index (χ0n) is 13.4. The molecule has 0 amide bonds. The largest absolute Gasteiger partial charge is 0.298 e. The molecule has 1 N–H and O–H groups in total. The zero-order chi connectivity index (χ0) is 14.5. The fourth-order valence-corrected chi connectivity index (χ4v) is 3.43. The highest BCUT2D eigenvalue weighted by atomic mass is 15.2. The van der Waals surface area contributed by atoms with E-state index in [1.54, 1.807) is 0 Å². The third-order valence-corrected chi connectivity index (χ3v) is 4.23. The van der Waals surface area contributed by atoms with Crippen molar-refractivity contribution in [3.63, 3.8) is 0 Å². The normalized spacial score (nSPS) is 26.5. The molecule has 19 heavy (non-hydrogen) atoms. The molecule has 1 saturated heterocycles. The summed E-state index contributed by atoms with van der Waals surface area (Å²) in [5, 5.41) is 12.9. The van der Waals surface area contributed by atoms with Crippen molar-refractivity contribution in [2.45, 2.75) is 90.4 Å². The zero-order valence-corrected chi connectivity index (χ0v) is 13.4. The molecule has 3 unspecified atom stereocenters. The van der Waals surface area contributed by atoms with Gasteiger partial charge in [0.2, 0.25) is 0 Å². The maximum absolute atomic E-state index is 9.47. The van der Waals surface area contributed by atoms with Crippen molar-refractivity contribution in [2.75, 3.05) is 6.54 Å². The quantitative estimate of drug-likeness (QED) is 0.829. The monoisotopic (exact) mass is 265 g/mol. The molecule has 3 heteroatoms. The van der Waals surface area contributed by atoms with E-state index < -0.39 is 5.54 Å². The first-order valence-corrected chi connectivity index (χ1v) is 7.82. The average molecular weight is 265 g/mol. The molecular formula is C16H31N3. The van der Waals surface area contributed by atoms with Gasteiger partial charge in [-0.3, -0.25) is 10.2 Å². The number of nitrogens with one attached hydrogen (secondary N) is 1. The highest BCUT2D eigenvalue weighted by Crippen LogP contribution is 2.23. The van der Waals surface area contributed by atoms with Crippen molar-refractivity contribution in [3.8, 4) is 6.07 Å². The standard InChI is InChI=1S/C16H31N3/c1-13(2)18-16(5,12-17)11-15(4)19-10-8-6-7-9-14(19)3/h13-15,18H,6-11H2,1-5H3. The Balaban J connectivity index is 2.65. The first-order valence-electron chi connectivity index (χ1n) is 7.82. The lowest BCUT2D eigenvalue weighted by Gasteiger charge is -2.37. The minimum atomic E-state index is -0.417. The number of nitrogens with zero attached hydrogens (tertiary/aromatic N) is 2. The van der Waals surface area contributed by atoms with Crippen molar-refractivity contribution in [2.24, 2.45) is 0 Å². The molecule has 3 nitrogen and oxygen atoms in total. The lowest BCUT2D eigenvalue weighted by molar-refractivity contribution is 0.132. The minimum absolute atomic E-state index is 0.346. The lowest BCUT2D eigenvalue weighted by Crippen LogP contribution is -2.51. The summed E-state index contributed by atoms with van der Waals surface area (Å²) < 4.78 is 0. The predicted octanol–water partition coefficient (Wildman–Crippen LogP) is 3.31. The van der Waals surface area contributed by atoms with Crippen LogP contribution < -0.4 is 5.32 Å². The molecule has 1 rings (SSSR count). The highest BCUT2D eigenvalue weighted by molar-refractivity contribution is 5.06.